The monoisotopic (exact) mass is 395 g/mol. The van der Waals surface area contributed by atoms with Gasteiger partial charge in [-0.25, -0.2) is 0 Å². The van der Waals surface area contributed by atoms with Crippen molar-refractivity contribution in [3.05, 3.63) is 51.6 Å². The summed E-state index contributed by atoms with van der Waals surface area (Å²) in [4.78, 5) is 31.7. The van der Waals surface area contributed by atoms with Gasteiger partial charge in [-0.05, 0) is 36.4 Å². The summed E-state index contributed by atoms with van der Waals surface area (Å²) in [5.41, 5.74) is 2.45. The van der Waals surface area contributed by atoms with Crippen LogP contribution < -0.4 is 10.5 Å². The molecular formula is C21H25N5O3. The van der Waals surface area contributed by atoms with E-state index in [2.05, 4.69) is 15.2 Å². The normalized spacial score (nSPS) is 14.6. The Morgan fingerprint density at radius 2 is 1.97 bits per heavy atom. The van der Waals surface area contributed by atoms with Crippen LogP contribution in [0.4, 0.5) is 6.01 Å². The maximum Gasteiger partial charge on any atom is 0.318 e. The number of pyridine rings is 1. The van der Waals surface area contributed by atoms with E-state index in [1.54, 1.807) is 0 Å². The van der Waals surface area contributed by atoms with Crippen molar-refractivity contribution in [3.8, 4) is 0 Å². The number of anilines is 1. The van der Waals surface area contributed by atoms with Crippen LogP contribution in [0.25, 0.3) is 10.9 Å². The number of amides is 1. The molecule has 2 aromatic heterocycles. The highest BCUT2D eigenvalue weighted by Gasteiger charge is 2.24. The highest BCUT2D eigenvalue weighted by Crippen LogP contribution is 2.17. The second-order valence-corrected chi connectivity index (χ2v) is 7.41. The van der Waals surface area contributed by atoms with E-state index in [0.717, 1.165) is 16.5 Å². The van der Waals surface area contributed by atoms with E-state index in [1.165, 1.54) is 0 Å². The molecule has 0 aliphatic carbocycles. The number of benzene rings is 1. The summed E-state index contributed by atoms with van der Waals surface area (Å²) in [6.07, 6.45) is 1.46. The minimum atomic E-state index is -0.121. The molecule has 0 spiro atoms. The Morgan fingerprint density at radius 3 is 2.69 bits per heavy atom. The van der Waals surface area contributed by atoms with Crippen LogP contribution in [0, 0.1) is 6.92 Å². The molecule has 0 atom stereocenters. The average Bonchev–Trinajstić information content (AvgIpc) is 3.21. The molecule has 29 heavy (non-hydrogen) atoms. The molecule has 1 saturated heterocycles. The molecule has 1 aliphatic rings. The van der Waals surface area contributed by atoms with Crippen LogP contribution in [0.15, 0.2) is 33.5 Å². The molecule has 8 nitrogen and oxygen atoms in total. The molecule has 1 aromatic carbocycles. The number of aromatic amines is 1. The number of rotatable bonds is 5. The third kappa shape index (κ3) is 4.16. The van der Waals surface area contributed by atoms with Gasteiger partial charge in [0.25, 0.3) is 5.56 Å². The highest BCUT2D eigenvalue weighted by molar-refractivity contribution is 5.80. The smallest absolute Gasteiger partial charge is 0.318 e. The van der Waals surface area contributed by atoms with Gasteiger partial charge in [-0.15, -0.1) is 5.10 Å². The molecule has 1 N–H and O–H groups in total. The summed E-state index contributed by atoms with van der Waals surface area (Å²) >= 11 is 0. The first kappa shape index (κ1) is 19.2. The van der Waals surface area contributed by atoms with Gasteiger partial charge in [-0.2, -0.15) is 0 Å². The molecule has 1 amide bonds. The van der Waals surface area contributed by atoms with Crippen molar-refractivity contribution in [1.82, 2.24) is 20.1 Å². The average molecular weight is 395 g/mol. The summed E-state index contributed by atoms with van der Waals surface area (Å²) in [6, 6.07) is 8.37. The van der Waals surface area contributed by atoms with E-state index in [0.29, 0.717) is 62.9 Å². The Kier molecular flexibility index (Phi) is 5.33. The lowest BCUT2D eigenvalue weighted by atomic mass is 10.1. The number of carbonyl (C=O) groups is 1. The lowest BCUT2D eigenvalue weighted by Gasteiger charge is -2.33. The number of hydrogen-bond donors (Lipinski definition) is 1. The Labute approximate surface area is 168 Å². The number of aromatic nitrogens is 3. The molecule has 0 saturated carbocycles. The second-order valence-electron chi connectivity index (χ2n) is 7.41. The third-order valence-corrected chi connectivity index (χ3v) is 5.35. The Balaban J connectivity index is 1.34. The molecule has 0 bridgehead atoms. The van der Waals surface area contributed by atoms with E-state index in [4.69, 9.17) is 4.42 Å². The minimum Gasteiger partial charge on any atom is -0.408 e. The van der Waals surface area contributed by atoms with Crippen molar-refractivity contribution >= 4 is 22.8 Å². The number of aryl methyl sites for hydroxylation is 3. The van der Waals surface area contributed by atoms with Gasteiger partial charge in [-0.1, -0.05) is 24.2 Å². The number of fused-ring (bicyclic) bond motifs is 1. The molecule has 8 heteroatoms. The zero-order valence-electron chi connectivity index (χ0n) is 16.8. The number of nitrogens with one attached hydrogen (secondary N) is 1. The first-order valence-corrected chi connectivity index (χ1v) is 10.0. The van der Waals surface area contributed by atoms with Gasteiger partial charge in [0, 0.05) is 50.1 Å². The van der Waals surface area contributed by atoms with Crippen LogP contribution in [0.2, 0.25) is 0 Å². The van der Waals surface area contributed by atoms with Crippen LogP contribution in [-0.2, 0) is 17.6 Å². The Bertz CT molecular complexity index is 1080. The molecule has 3 heterocycles. The van der Waals surface area contributed by atoms with Crippen molar-refractivity contribution in [2.75, 3.05) is 31.1 Å². The number of carbonyl (C=O) groups excluding carboxylic acids is 1. The van der Waals surface area contributed by atoms with Crippen molar-refractivity contribution in [2.45, 2.75) is 33.1 Å². The maximum absolute atomic E-state index is 12.6. The minimum absolute atomic E-state index is 0.0628. The Morgan fingerprint density at radius 1 is 1.17 bits per heavy atom. The number of H-pyrrole nitrogens is 1. The predicted molar refractivity (Wildman–Crippen MR) is 110 cm³/mol. The van der Waals surface area contributed by atoms with Crippen molar-refractivity contribution in [2.24, 2.45) is 0 Å². The lowest BCUT2D eigenvalue weighted by molar-refractivity contribution is -0.131. The first-order valence-electron chi connectivity index (χ1n) is 10.0. The van der Waals surface area contributed by atoms with E-state index in [-0.39, 0.29) is 11.5 Å². The van der Waals surface area contributed by atoms with Crippen molar-refractivity contribution < 1.29 is 9.21 Å². The second kappa shape index (κ2) is 8.06. The van der Waals surface area contributed by atoms with Crippen molar-refractivity contribution in [1.29, 1.82) is 0 Å². The quantitative estimate of drug-likeness (QED) is 0.711. The fraction of sp³-hybridized carbons (Fsp3) is 0.429. The first-order chi connectivity index (χ1) is 14.0. The van der Waals surface area contributed by atoms with Crippen LogP contribution in [0.5, 0.6) is 0 Å². The van der Waals surface area contributed by atoms with Crippen LogP contribution in [-0.4, -0.2) is 52.2 Å². The molecule has 0 radical (unpaired) electrons. The van der Waals surface area contributed by atoms with Crippen molar-refractivity contribution in [3.63, 3.8) is 0 Å². The highest BCUT2D eigenvalue weighted by atomic mass is 16.4. The number of piperazine rings is 1. The SMILES string of the molecule is CCc1nnc(N2CCN(C(=O)CCc3cc4ccc(C)cc4[nH]c3=O)CC2)o1. The molecular weight excluding hydrogens is 370 g/mol. The lowest BCUT2D eigenvalue weighted by Crippen LogP contribution is -2.49. The van der Waals surface area contributed by atoms with Crippen LogP contribution in [0.1, 0.15) is 30.4 Å². The maximum atomic E-state index is 12.6. The van der Waals surface area contributed by atoms with Gasteiger partial charge >= 0.3 is 6.01 Å². The van der Waals surface area contributed by atoms with Gasteiger partial charge in [0.2, 0.25) is 11.8 Å². The predicted octanol–water partition coefficient (Wildman–Crippen LogP) is 2.06. The topological polar surface area (TPSA) is 95.3 Å². The zero-order valence-corrected chi connectivity index (χ0v) is 16.8. The van der Waals surface area contributed by atoms with Gasteiger partial charge < -0.3 is 19.2 Å². The van der Waals surface area contributed by atoms with E-state index in [9.17, 15) is 9.59 Å². The van der Waals surface area contributed by atoms with E-state index >= 15 is 0 Å². The van der Waals surface area contributed by atoms with Gasteiger partial charge in [-0.3, -0.25) is 9.59 Å². The zero-order chi connectivity index (χ0) is 20.4. The fourth-order valence-electron chi connectivity index (χ4n) is 3.61. The summed E-state index contributed by atoms with van der Waals surface area (Å²) in [7, 11) is 0. The van der Waals surface area contributed by atoms with Gasteiger partial charge in [0.05, 0.1) is 0 Å². The Hall–Kier alpha value is -3.16. The molecule has 0 unspecified atom stereocenters. The number of hydrogen-bond acceptors (Lipinski definition) is 6. The molecule has 4 rings (SSSR count). The van der Waals surface area contributed by atoms with Gasteiger partial charge in [0.1, 0.15) is 0 Å². The summed E-state index contributed by atoms with van der Waals surface area (Å²) in [5.74, 6) is 0.683. The standard InChI is InChI=1S/C21H25N5O3/c1-3-18-23-24-21(29-18)26-10-8-25(9-11-26)19(27)7-6-16-13-15-5-4-14(2)12-17(15)22-20(16)28/h4-5,12-13H,3,6-11H2,1-2H3,(H,22,28). The summed E-state index contributed by atoms with van der Waals surface area (Å²) < 4.78 is 5.59. The van der Waals surface area contributed by atoms with E-state index < -0.39 is 0 Å². The largest absolute Gasteiger partial charge is 0.408 e. The van der Waals surface area contributed by atoms with Crippen LogP contribution in [0.3, 0.4) is 0 Å². The van der Waals surface area contributed by atoms with Gasteiger partial charge in [0.15, 0.2) is 0 Å². The number of nitrogens with zero attached hydrogens (tertiary/aromatic N) is 4. The summed E-state index contributed by atoms with van der Waals surface area (Å²) in [5, 5.41) is 9.04. The molecule has 1 fully saturated rings. The molecule has 1 aliphatic heterocycles. The van der Waals surface area contributed by atoms with E-state index in [1.807, 2.05) is 47.9 Å². The summed E-state index contributed by atoms with van der Waals surface area (Å²) in [6.45, 7) is 6.49. The molecule has 152 valence electrons. The third-order valence-electron chi connectivity index (χ3n) is 5.35. The van der Waals surface area contributed by atoms with Crippen LogP contribution >= 0.6 is 0 Å². The fourth-order valence-corrected chi connectivity index (χ4v) is 3.61. The molecule has 3 aromatic rings.